The molecule has 0 spiro atoms. The minimum atomic E-state index is -0.819. The summed E-state index contributed by atoms with van der Waals surface area (Å²) >= 11 is 0. The molecule has 0 amide bonds. The summed E-state index contributed by atoms with van der Waals surface area (Å²) < 4.78 is 13.2. The van der Waals surface area contributed by atoms with Crippen LogP contribution in [0.2, 0.25) is 0 Å². The SMILES string of the molecule is CCCCc1cc(F)c([N+](=O)[O-])cc1N. The molecule has 0 unspecified atom stereocenters. The molecule has 2 N–H and O–H groups in total. The van der Waals surface area contributed by atoms with Crippen molar-refractivity contribution in [1.82, 2.24) is 0 Å². The van der Waals surface area contributed by atoms with Crippen molar-refractivity contribution in [1.29, 1.82) is 0 Å². The van der Waals surface area contributed by atoms with Gasteiger partial charge >= 0.3 is 5.69 Å². The van der Waals surface area contributed by atoms with E-state index in [2.05, 4.69) is 0 Å². The maximum absolute atomic E-state index is 13.2. The standard InChI is InChI=1S/C10H13FN2O2/c1-2-3-4-7-5-8(11)10(13(14)15)6-9(7)12/h5-6H,2-4,12H2,1H3. The minimum absolute atomic E-state index is 0.288. The van der Waals surface area contributed by atoms with Crippen LogP contribution in [0.4, 0.5) is 15.8 Å². The molecule has 0 aromatic heterocycles. The summed E-state index contributed by atoms with van der Waals surface area (Å²) in [6.45, 7) is 2.01. The summed E-state index contributed by atoms with van der Waals surface area (Å²) in [5.41, 5.74) is 5.96. The fourth-order valence-electron chi connectivity index (χ4n) is 1.34. The normalized spacial score (nSPS) is 10.3. The van der Waals surface area contributed by atoms with Crippen molar-refractivity contribution in [2.75, 3.05) is 5.73 Å². The maximum atomic E-state index is 13.2. The summed E-state index contributed by atoms with van der Waals surface area (Å²) in [4.78, 5) is 9.64. The molecule has 0 saturated heterocycles. The van der Waals surface area contributed by atoms with Crippen molar-refractivity contribution in [3.63, 3.8) is 0 Å². The average Bonchev–Trinajstić information content (AvgIpc) is 2.18. The second-order valence-electron chi connectivity index (χ2n) is 3.36. The number of rotatable bonds is 4. The first kappa shape index (κ1) is 11.4. The molecule has 0 saturated carbocycles. The van der Waals surface area contributed by atoms with Gasteiger partial charge in [-0.3, -0.25) is 10.1 Å². The number of hydrogen-bond acceptors (Lipinski definition) is 3. The molecule has 5 heteroatoms. The summed E-state index contributed by atoms with van der Waals surface area (Å²) in [5, 5.41) is 10.4. The van der Waals surface area contributed by atoms with Crippen LogP contribution in [0.25, 0.3) is 0 Å². The van der Waals surface area contributed by atoms with Gasteiger partial charge in [-0.2, -0.15) is 4.39 Å². The van der Waals surface area contributed by atoms with E-state index in [4.69, 9.17) is 5.73 Å². The Kier molecular flexibility index (Phi) is 3.60. The smallest absolute Gasteiger partial charge is 0.306 e. The van der Waals surface area contributed by atoms with Gasteiger partial charge in [-0.25, -0.2) is 0 Å². The van der Waals surface area contributed by atoms with Gasteiger partial charge in [0.2, 0.25) is 5.82 Å². The first-order valence-corrected chi connectivity index (χ1v) is 4.78. The third-order valence-corrected chi connectivity index (χ3v) is 2.21. The number of nitro benzene ring substituents is 1. The van der Waals surface area contributed by atoms with Crippen molar-refractivity contribution in [3.8, 4) is 0 Å². The van der Waals surface area contributed by atoms with E-state index in [1.54, 1.807) is 0 Å². The number of nitrogens with zero attached hydrogens (tertiary/aromatic N) is 1. The second kappa shape index (κ2) is 4.72. The Balaban J connectivity index is 3.02. The fourth-order valence-corrected chi connectivity index (χ4v) is 1.34. The van der Waals surface area contributed by atoms with E-state index >= 15 is 0 Å². The third-order valence-electron chi connectivity index (χ3n) is 2.21. The molecule has 4 nitrogen and oxygen atoms in total. The lowest BCUT2D eigenvalue weighted by Crippen LogP contribution is -2.00. The molecule has 82 valence electrons. The second-order valence-corrected chi connectivity index (χ2v) is 3.36. The van der Waals surface area contributed by atoms with Crippen LogP contribution in [-0.2, 0) is 6.42 Å². The molecule has 0 bridgehead atoms. The highest BCUT2D eigenvalue weighted by Gasteiger charge is 2.16. The van der Waals surface area contributed by atoms with Crippen LogP contribution in [0, 0.1) is 15.9 Å². The topological polar surface area (TPSA) is 69.2 Å². The van der Waals surface area contributed by atoms with Gasteiger partial charge in [0.05, 0.1) is 4.92 Å². The number of unbranched alkanes of at least 4 members (excludes halogenated alkanes) is 1. The van der Waals surface area contributed by atoms with Gasteiger partial charge in [-0.1, -0.05) is 13.3 Å². The van der Waals surface area contributed by atoms with Crippen LogP contribution in [0.5, 0.6) is 0 Å². The van der Waals surface area contributed by atoms with E-state index in [1.807, 2.05) is 6.92 Å². The third kappa shape index (κ3) is 2.65. The molecule has 0 radical (unpaired) electrons. The predicted molar refractivity (Wildman–Crippen MR) is 56.1 cm³/mol. The molecular weight excluding hydrogens is 199 g/mol. The predicted octanol–water partition coefficient (Wildman–Crippen LogP) is 2.66. The van der Waals surface area contributed by atoms with Crippen molar-refractivity contribution in [2.24, 2.45) is 0 Å². The number of halogens is 1. The monoisotopic (exact) mass is 212 g/mol. The maximum Gasteiger partial charge on any atom is 0.306 e. The molecule has 0 heterocycles. The van der Waals surface area contributed by atoms with Gasteiger partial charge in [0, 0.05) is 11.8 Å². The molecule has 0 aliphatic rings. The molecule has 0 fully saturated rings. The Morgan fingerprint density at radius 1 is 1.53 bits per heavy atom. The van der Waals surface area contributed by atoms with Crippen LogP contribution in [0.15, 0.2) is 12.1 Å². The van der Waals surface area contributed by atoms with Gasteiger partial charge in [-0.05, 0) is 24.5 Å². The molecular formula is C10H13FN2O2. The number of nitro groups is 1. The van der Waals surface area contributed by atoms with Gasteiger partial charge in [-0.15, -0.1) is 0 Å². The first-order chi connectivity index (χ1) is 7.06. The van der Waals surface area contributed by atoms with Gasteiger partial charge < -0.3 is 5.73 Å². The van der Waals surface area contributed by atoms with Crippen LogP contribution in [-0.4, -0.2) is 4.92 Å². The lowest BCUT2D eigenvalue weighted by molar-refractivity contribution is -0.387. The number of aryl methyl sites for hydroxylation is 1. The zero-order valence-electron chi connectivity index (χ0n) is 8.50. The molecule has 1 aromatic carbocycles. The Morgan fingerprint density at radius 2 is 2.20 bits per heavy atom. The number of benzene rings is 1. The quantitative estimate of drug-likeness (QED) is 0.474. The summed E-state index contributed by atoms with van der Waals surface area (Å²) in [6.07, 6.45) is 2.51. The number of hydrogen-bond donors (Lipinski definition) is 1. The van der Waals surface area contributed by atoms with E-state index in [0.29, 0.717) is 12.0 Å². The zero-order valence-corrected chi connectivity index (χ0v) is 8.50. The van der Waals surface area contributed by atoms with E-state index in [0.717, 1.165) is 25.0 Å². The Morgan fingerprint density at radius 3 is 2.73 bits per heavy atom. The van der Waals surface area contributed by atoms with Crippen LogP contribution >= 0.6 is 0 Å². The highest BCUT2D eigenvalue weighted by atomic mass is 19.1. The number of nitrogen functional groups attached to an aromatic ring is 1. The highest BCUT2D eigenvalue weighted by molar-refractivity contribution is 5.54. The van der Waals surface area contributed by atoms with Crippen molar-refractivity contribution >= 4 is 11.4 Å². The van der Waals surface area contributed by atoms with E-state index < -0.39 is 16.4 Å². The molecule has 1 rings (SSSR count). The average molecular weight is 212 g/mol. The Hall–Kier alpha value is -1.65. The van der Waals surface area contributed by atoms with Gasteiger partial charge in [0.1, 0.15) is 0 Å². The van der Waals surface area contributed by atoms with Crippen LogP contribution in [0.1, 0.15) is 25.3 Å². The molecule has 0 atom stereocenters. The Labute approximate surface area is 87.0 Å². The molecule has 15 heavy (non-hydrogen) atoms. The Bertz CT molecular complexity index is 380. The largest absolute Gasteiger partial charge is 0.398 e. The van der Waals surface area contributed by atoms with Gasteiger partial charge in [0.25, 0.3) is 0 Å². The van der Waals surface area contributed by atoms with Gasteiger partial charge in [0.15, 0.2) is 0 Å². The highest BCUT2D eigenvalue weighted by Crippen LogP contribution is 2.25. The molecule has 0 aliphatic heterocycles. The first-order valence-electron chi connectivity index (χ1n) is 4.78. The van der Waals surface area contributed by atoms with Crippen molar-refractivity contribution in [2.45, 2.75) is 26.2 Å². The summed E-state index contributed by atoms with van der Waals surface area (Å²) in [7, 11) is 0. The zero-order chi connectivity index (χ0) is 11.4. The van der Waals surface area contributed by atoms with Crippen molar-refractivity contribution in [3.05, 3.63) is 33.6 Å². The summed E-state index contributed by atoms with van der Waals surface area (Å²) in [6, 6.07) is 2.24. The van der Waals surface area contributed by atoms with Crippen molar-refractivity contribution < 1.29 is 9.31 Å². The molecule has 1 aromatic rings. The molecule has 0 aliphatic carbocycles. The summed E-state index contributed by atoms with van der Waals surface area (Å²) in [5.74, 6) is -0.819. The van der Waals surface area contributed by atoms with E-state index in [-0.39, 0.29) is 5.69 Å². The van der Waals surface area contributed by atoms with E-state index in [9.17, 15) is 14.5 Å². The number of nitrogens with two attached hydrogens (primary N) is 1. The number of anilines is 1. The lowest BCUT2D eigenvalue weighted by atomic mass is 10.1. The van der Waals surface area contributed by atoms with E-state index in [1.165, 1.54) is 0 Å². The minimum Gasteiger partial charge on any atom is -0.398 e. The van der Waals surface area contributed by atoms with Crippen LogP contribution in [0.3, 0.4) is 0 Å². The fraction of sp³-hybridized carbons (Fsp3) is 0.400. The lowest BCUT2D eigenvalue weighted by Gasteiger charge is -2.05. The van der Waals surface area contributed by atoms with Crippen LogP contribution < -0.4 is 5.73 Å².